The van der Waals surface area contributed by atoms with Crippen LogP contribution in [0.25, 0.3) is 0 Å². The number of nitrogens with two attached hydrogens (primary N) is 1. The molecule has 74 valence electrons. The first kappa shape index (κ1) is 12.5. The van der Waals surface area contributed by atoms with E-state index >= 15 is 0 Å². The van der Waals surface area contributed by atoms with E-state index in [1.807, 2.05) is 0 Å². The maximum atomic E-state index is 10.4. The van der Waals surface area contributed by atoms with Gasteiger partial charge in [0.2, 0.25) is 5.91 Å². The molecular weight excluding hydrogens is 161 g/mol. The zero-order valence-corrected chi connectivity index (χ0v) is 8.43. The van der Waals surface area contributed by atoms with Gasteiger partial charge in [0.1, 0.15) is 0 Å². The Labute approximate surface area is 82.7 Å². The van der Waals surface area contributed by atoms with Gasteiger partial charge in [-0.15, -0.1) is 0 Å². The zero-order valence-electron chi connectivity index (χ0n) is 8.43. The summed E-state index contributed by atoms with van der Waals surface area (Å²) >= 11 is 0. The Morgan fingerprint density at radius 3 is 1.85 bits per heavy atom. The van der Waals surface area contributed by atoms with Crippen molar-refractivity contribution >= 4 is 13.8 Å². The number of hydrogen-bond donors (Lipinski definition) is 1. The summed E-state index contributed by atoms with van der Waals surface area (Å²) in [4.78, 5) is 10.4. The first-order valence-corrected chi connectivity index (χ1v) is 5.25. The van der Waals surface area contributed by atoms with E-state index in [0.717, 1.165) is 25.6 Å². The van der Waals surface area contributed by atoms with Crippen molar-refractivity contribution in [3.05, 3.63) is 0 Å². The van der Waals surface area contributed by atoms with Crippen molar-refractivity contribution in [2.75, 3.05) is 0 Å². The van der Waals surface area contributed by atoms with Crippen LogP contribution in [-0.4, -0.2) is 13.8 Å². The molecule has 0 spiro atoms. The van der Waals surface area contributed by atoms with Gasteiger partial charge >= 0.3 is 0 Å². The van der Waals surface area contributed by atoms with Gasteiger partial charge in [0.15, 0.2) is 0 Å². The SMILES string of the molecule is [B]CCCCCCCCCC(N)=O. The second kappa shape index (κ2) is 9.62. The van der Waals surface area contributed by atoms with Crippen LogP contribution in [0.3, 0.4) is 0 Å². The molecule has 1 amide bonds. The van der Waals surface area contributed by atoms with E-state index in [2.05, 4.69) is 0 Å². The molecule has 0 saturated heterocycles. The fourth-order valence-electron chi connectivity index (χ4n) is 1.33. The number of primary amides is 1. The average Bonchev–Trinajstić information content (AvgIpc) is 2.09. The van der Waals surface area contributed by atoms with Gasteiger partial charge in [-0.25, -0.2) is 0 Å². The van der Waals surface area contributed by atoms with Gasteiger partial charge in [-0.05, 0) is 6.42 Å². The largest absolute Gasteiger partial charge is 0.370 e. The Bertz CT molecular complexity index is 128. The van der Waals surface area contributed by atoms with Gasteiger partial charge in [-0.2, -0.15) is 0 Å². The topological polar surface area (TPSA) is 43.1 Å². The molecule has 0 saturated carbocycles. The third kappa shape index (κ3) is 11.5. The van der Waals surface area contributed by atoms with E-state index in [4.69, 9.17) is 13.6 Å². The van der Waals surface area contributed by atoms with Gasteiger partial charge < -0.3 is 5.73 Å². The third-order valence-corrected chi connectivity index (χ3v) is 2.13. The molecule has 2 nitrogen and oxygen atoms in total. The van der Waals surface area contributed by atoms with Crippen molar-refractivity contribution in [1.29, 1.82) is 0 Å². The predicted octanol–water partition coefficient (Wildman–Crippen LogP) is 2.18. The van der Waals surface area contributed by atoms with E-state index in [1.54, 1.807) is 0 Å². The second-order valence-electron chi connectivity index (χ2n) is 3.48. The maximum absolute atomic E-state index is 10.4. The smallest absolute Gasteiger partial charge is 0.217 e. The van der Waals surface area contributed by atoms with E-state index in [-0.39, 0.29) is 5.91 Å². The highest BCUT2D eigenvalue weighted by molar-refractivity contribution is 6.08. The summed E-state index contributed by atoms with van der Waals surface area (Å²) in [7, 11) is 5.37. The predicted molar refractivity (Wildman–Crippen MR) is 56.7 cm³/mol. The normalized spacial score (nSPS) is 10.2. The number of carbonyl (C=O) groups is 1. The van der Waals surface area contributed by atoms with Crippen molar-refractivity contribution in [3.8, 4) is 0 Å². The standard InChI is InChI=1S/C10H20BNO/c11-9-7-5-3-1-2-4-6-8-10(12)13/h1-9H2,(H2,12,13). The molecule has 0 fully saturated rings. The summed E-state index contributed by atoms with van der Waals surface area (Å²) < 4.78 is 0. The minimum absolute atomic E-state index is 0.178. The van der Waals surface area contributed by atoms with Crippen LogP contribution in [0.4, 0.5) is 0 Å². The molecule has 2 radical (unpaired) electrons. The number of hydrogen-bond acceptors (Lipinski definition) is 1. The van der Waals surface area contributed by atoms with Crippen LogP contribution in [0, 0.1) is 0 Å². The first-order chi connectivity index (χ1) is 6.27. The summed E-state index contributed by atoms with van der Waals surface area (Å²) in [6.45, 7) is 0. The lowest BCUT2D eigenvalue weighted by atomic mass is 9.98. The molecular formula is C10H20BNO. The molecule has 0 aliphatic heterocycles. The van der Waals surface area contributed by atoms with Crippen molar-refractivity contribution in [3.63, 3.8) is 0 Å². The molecule has 0 bridgehead atoms. The van der Waals surface area contributed by atoms with Crippen LogP contribution < -0.4 is 5.73 Å². The molecule has 13 heavy (non-hydrogen) atoms. The molecule has 0 aromatic rings. The Kier molecular flexibility index (Phi) is 9.28. The summed E-state index contributed by atoms with van der Waals surface area (Å²) in [6.07, 6.45) is 9.57. The lowest BCUT2D eigenvalue weighted by Gasteiger charge is -1.99. The fraction of sp³-hybridized carbons (Fsp3) is 0.900. The number of unbranched alkanes of at least 4 members (excludes halogenated alkanes) is 6. The van der Waals surface area contributed by atoms with Crippen LogP contribution in [0.5, 0.6) is 0 Å². The first-order valence-electron chi connectivity index (χ1n) is 5.25. The van der Waals surface area contributed by atoms with E-state index in [1.165, 1.54) is 25.7 Å². The highest BCUT2D eigenvalue weighted by Crippen LogP contribution is 2.08. The van der Waals surface area contributed by atoms with Gasteiger partial charge in [0, 0.05) is 6.42 Å². The summed E-state index contributed by atoms with van der Waals surface area (Å²) in [5.74, 6) is -0.178. The second-order valence-corrected chi connectivity index (χ2v) is 3.48. The number of rotatable bonds is 9. The van der Waals surface area contributed by atoms with Crippen LogP contribution in [0.15, 0.2) is 0 Å². The molecule has 0 aliphatic rings. The average molecular weight is 181 g/mol. The van der Waals surface area contributed by atoms with Crippen molar-refractivity contribution < 1.29 is 4.79 Å². The van der Waals surface area contributed by atoms with E-state index in [9.17, 15) is 4.79 Å². The van der Waals surface area contributed by atoms with Gasteiger partial charge in [0.05, 0.1) is 7.85 Å². The van der Waals surface area contributed by atoms with Crippen LogP contribution >= 0.6 is 0 Å². The summed E-state index contributed by atoms with van der Waals surface area (Å²) in [5, 5.41) is 0. The zero-order chi connectivity index (χ0) is 9.94. The molecule has 0 aromatic carbocycles. The fourth-order valence-corrected chi connectivity index (χ4v) is 1.33. The number of amides is 1. The molecule has 2 N–H and O–H groups in total. The van der Waals surface area contributed by atoms with E-state index < -0.39 is 0 Å². The molecule has 0 atom stereocenters. The van der Waals surface area contributed by atoms with Gasteiger partial charge in [-0.1, -0.05) is 44.8 Å². The molecule has 0 aliphatic carbocycles. The van der Waals surface area contributed by atoms with Crippen molar-refractivity contribution in [2.24, 2.45) is 5.73 Å². The Balaban J connectivity index is 2.87. The lowest BCUT2D eigenvalue weighted by molar-refractivity contribution is -0.118. The van der Waals surface area contributed by atoms with Gasteiger partial charge in [0.25, 0.3) is 0 Å². The molecule has 3 heteroatoms. The maximum Gasteiger partial charge on any atom is 0.217 e. The summed E-state index contributed by atoms with van der Waals surface area (Å²) in [6, 6.07) is 0. The lowest BCUT2D eigenvalue weighted by Crippen LogP contribution is -2.09. The quantitative estimate of drug-likeness (QED) is 0.430. The Morgan fingerprint density at radius 1 is 0.923 bits per heavy atom. The monoisotopic (exact) mass is 181 g/mol. The third-order valence-electron chi connectivity index (χ3n) is 2.13. The van der Waals surface area contributed by atoms with E-state index in [0.29, 0.717) is 6.42 Å². The Morgan fingerprint density at radius 2 is 1.38 bits per heavy atom. The van der Waals surface area contributed by atoms with Crippen molar-refractivity contribution in [2.45, 2.75) is 57.7 Å². The number of carbonyl (C=O) groups excluding carboxylic acids is 1. The molecule has 0 rings (SSSR count). The van der Waals surface area contributed by atoms with Gasteiger partial charge in [-0.3, -0.25) is 4.79 Å². The molecule has 0 unspecified atom stereocenters. The minimum atomic E-state index is -0.178. The summed E-state index contributed by atoms with van der Waals surface area (Å²) in [5.41, 5.74) is 5.02. The highest BCUT2D eigenvalue weighted by atomic mass is 16.1. The van der Waals surface area contributed by atoms with Crippen molar-refractivity contribution in [1.82, 2.24) is 0 Å². The Hall–Kier alpha value is -0.465. The highest BCUT2D eigenvalue weighted by Gasteiger charge is 1.94. The van der Waals surface area contributed by atoms with Crippen LogP contribution in [0.2, 0.25) is 6.32 Å². The molecule has 0 aromatic heterocycles. The molecule has 0 heterocycles. The minimum Gasteiger partial charge on any atom is -0.370 e. The van der Waals surface area contributed by atoms with Crippen LogP contribution in [-0.2, 0) is 4.79 Å². The van der Waals surface area contributed by atoms with Crippen LogP contribution in [0.1, 0.15) is 51.4 Å².